The van der Waals surface area contributed by atoms with Crippen LogP contribution in [0.15, 0.2) is 149 Å². The zero-order valence-corrected chi connectivity index (χ0v) is 38.3. The number of hydrogen-bond acceptors (Lipinski definition) is 14. The molecule has 2 saturated heterocycles. The van der Waals surface area contributed by atoms with Gasteiger partial charge in [0.1, 0.15) is 35.1 Å². The minimum Gasteiger partial charge on any atom is -0.378 e. The van der Waals surface area contributed by atoms with Crippen LogP contribution in [0.25, 0.3) is 67.1 Å². The highest BCUT2D eigenvalue weighted by atomic mass is 16.5. The number of pyridine rings is 4. The van der Waals surface area contributed by atoms with Gasteiger partial charge in [0.2, 0.25) is 11.8 Å². The average Bonchev–Trinajstić information content (AvgIpc) is 4.27. The van der Waals surface area contributed by atoms with Gasteiger partial charge in [-0.1, -0.05) is 22.4 Å². The Kier molecular flexibility index (Phi) is 11.6. The van der Waals surface area contributed by atoms with Crippen LogP contribution in [0.2, 0.25) is 0 Å². The van der Waals surface area contributed by atoms with Crippen LogP contribution in [0.5, 0.6) is 0 Å². The van der Waals surface area contributed by atoms with Gasteiger partial charge in [0, 0.05) is 108 Å². The molecule has 0 bridgehead atoms. The van der Waals surface area contributed by atoms with Gasteiger partial charge < -0.3 is 48.9 Å². The maximum atomic E-state index is 13.0. The van der Waals surface area contributed by atoms with E-state index in [9.17, 15) is 9.59 Å². The number of aromatic nitrogens is 9. The van der Waals surface area contributed by atoms with Gasteiger partial charge in [-0.05, 0) is 72.3 Å². The highest BCUT2D eigenvalue weighted by molar-refractivity contribution is 6.00. The predicted molar refractivity (Wildman–Crippen MR) is 268 cm³/mol. The smallest absolute Gasteiger partial charge is 0.326 e. The van der Waals surface area contributed by atoms with E-state index in [0.717, 1.165) is 74.6 Å². The topological polar surface area (TPSA) is 246 Å². The van der Waals surface area contributed by atoms with Gasteiger partial charge in [-0.3, -0.25) is 15.6 Å². The van der Waals surface area contributed by atoms with Crippen LogP contribution >= 0.6 is 0 Å². The van der Waals surface area contributed by atoms with Crippen molar-refractivity contribution in [1.82, 2.24) is 40.2 Å². The van der Waals surface area contributed by atoms with Crippen molar-refractivity contribution in [3.05, 3.63) is 140 Å². The molecule has 12 rings (SSSR count). The Labute approximate surface area is 409 Å². The Bertz CT molecular complexity index is 3530. The minimum atomic E-state index is -0.478. The number of benzene rings is 2. The first-order valence-electron chi connectivity index (χ1n) is 23.2. The molecular formula is C51H44N15O6+. The minimum absolute atomic E-state index is 0.193. The fraction of sp³-hybridized carbons (Fsp3) is 0.157. The number of H-pyrrole nitrogens is 2. The quantitative estimate of drug-likeness (QED) is 0.0668. The number of anilines is 6. The standard InChI is InChI=1S/C51H43N15O6/c67-50(59-43-28-41(62-71-43)32-9-15-52-16-10-32)55-35-5-1-31(2-6-35)40-27-37-38(57-40)11-17-53-48(37)66-23-26-70-45(30-66)64-19-13-33(14-20-64)42-29-44(72-63-42)60-51(68)56-36-7-3-34(4-8-36)47-58-39-12-18-54-49(46(39)61-47)65-21-24-69-25-22-65/h1-20,27-29,45,63H,21-26,30H2,(H4,52,53,54,55,56,57,58,59,60,61,62,67,68)/p+1. The third-order valence-electron chi connectivity index (χ3n) is 12.4. The van der Waals surface area contributed by atoms with E-state index in [1.54, 1.807) is 36.9 Å². The summed E-state index contributed by atoms with van der Waals surface area (Å²) in [5.41, 5.74) is 9.32. The Morgan fingerprint density at radius 2 is 1.21 bits per heavy atom. The van der Waals surface area contributed by atoms with E-state index in [4.69, 9.17) is 28.5 Å². The number of aromatic amines is 2. The molecule has 10 aromatic rings. The number of nitrogens with one attached hydrogen (secondary N) is 6. The molecule has 0 aliphatic carbocycles. The molecule has 0 spiro atoms. The molecule has 21 heteroatoms. The van der Waals surface area contributed by atoms with E-state index in [-0.39, 0.29) is 18.0 Å². The van der Waals surface area contributed by atoms with Crippen LogP contribution in [0.3, 0.4) is 0 Å². The highest BCUT2D eigenvalue weighted by Crippen LogP contribution is 2.33. The van der Waals surface area contributed by atoms with E-state index in [1.807, 2.05) is 102 Å². The SMILES string of the molecule is O=C(Nc1ccc(-c2cc3c(N4CCOC([n+]5ccc(-c6cc(NC(=O)Nc7ccc(-c8nc9c(N%10CCOCC%10)nccc9[nH]8)cc7)on6)cc5)C4)nccc3[nH]2)cc1)Nc1cc(-c2ccncc2)no1. The Hall–Kier alpha value is -9.47. The lowest BCUT2D eigenvalue weighted by Gasteiger charge is -2.31. The van der Waals surface area contributed by atoms with Crippen molar-refractivity contribution in [2.75, 3.05) is 77.1 Å². The number of carbonyl (C=O) groups is 2. The second kappa shape index (κ2) is 19.1. The summed E-state index contributed by atoms with van der Waals surface area (Å²) in [6.45, 7) is 4.56. The van der Waals surface area contributed by atoms with Gasteiger partial charge in [-0.15, -0.1) is 0 Å². The van der Waals surface area contributed by atoms with E-state index < -0.39 is 12.1 Å². The van der Waals surface area contributed by atoms with Crippen molar-refractivity contribution in [1.29, 1.82) is 0 Å². The van der Waals surface area contributed by atoms with E-state index in [2.05, 4.69) is 67.4 Å². The van der Waals surface area contributed by atoms with Crippen LogP contribution in [0.4, 0.5) is 44.4 Å². The number of rotatable bonds is 11. The molecule has 2 fully saturated rings. The lowest BCUT2D eigenvalue weighted by molar-refractivity contribution is -0.761. The first kappa shape index (κ1) is 43.8. The number of urea groups is 2. The number of nitrogens with zero attached hydrogens (tertiary/aromatic N) is 9. The molecule has 2 aromatic carbocycles. The second-order valence-corrected chi connectivity index (χ2v) is 17.0. The number of amides is 4. The fourth-order valence-electron chi connectivity index (χ4n) is 8.77. The van der Waals surface area contributed by atoms with Crippen molar-refractivity contribution in [2.24, 2.45) is 0 Å². The van der Waals surface area contributed by atoms with Crippen LogP contribution in [0, 0.1) is 0 Å². The van der Waals surface area contributed by atoms with Crippen molar-refractivity contribution in [3.63, 3.8) is 0 Å². The molecule has 72 heavy (non-hydrogen) atoms. The van der Waals surface area contributed by atoms with E-state index in [0.29, 0.717) is 61.5 Å². The monoisotopic (exact) mass is 962 g/mol. The largest absolute Gasteiger partial charge is 0.378 e. The molecule has 4 amide bonds. The number of imidazole rings is 1. The van der Waals surface area contributed by atoms with Crippen LogP contribution in [0.1, 0.15) is 6.23 Å². The normalized spacial score (nSPS) is 14.9. The molecule has 0 radical (unpaired) electrons. The first-order chi connectivity index (χ1) is 35.4. The Morgan fingerprint density at radius 3 is 1.89 bits per heavy atom. The first-order valence-corrected chi connectivity index (χ1v) is 23.2. The van der Waals surface area contributed by atoms with Crippen molar-refractivity contribution in [3.8, 4) is 45.2 Å². The van der Waals surface area contributed by atoms with Gasteiger partial charge in [0.05, 0.1) is 30.9 Å². The lowest BCUT2D eigenvalue weighted by Crippen LogP contribution is -2.51. The molecule has 21 nitrogen and oxygen atoms in total. The number of carbonyl (C=O) groups excluding carboxylic acids is 2. The van der Waals surface area contributed by atoms with Gasteiger partial charge in [-0.2, -0.15) is 4.57 Å². The molecule has 1 atom stereocenters. The zero-order chi connectivity index (χ0) is 48.4. The summed E-state index contributed by atoms with van der Waals surface area (Å²) in [6.07, 6.45) is 10.5. The van der Waals surface area contributed by atoms with Crippen molar-refractivity contribution >= 4 is 68.8 Å². The molecule has 358 valence electrons. The molecule has 0 saturated carbocycles. The van der Waals surface area contributed by atoms with Gasteiger partial charge in [0.15, 0.2) is 18.2 Å². The average molecular weight is 963 g/mol. The maximum Gasteiger partial charge on any atom is 0.326 e. The van der Waals surface area contributed by atoms with E-state index in [1.165, 1.54) is 0 Å². The number of ether oxygens (including phenoxy) is 2. The molecular weight excluding hydrogens is 919 g/mol. The van der Waals surface area contributed by atoms with E-state index >= 15 is 0 Å². The third kappa shape index (κ3) is 9.22. The maximum absolute atomic E-state index is 13.0. The van der Waals surface area contributed by atoms with Gasteiger partial charge in [-0.25, -0.2) is 24.5 Å². The molecule has 2 aliphatic rings. The van der Waals surface area contributed by atoms with Crippen molar-refractivity contribution < 1.29 is 32.7 Å². The summed E-state index contributed by atoms with van der Waals surface area (Å²) in [5.74, 6) is 2.80. The predicted octanol–water partition coefficient (Wildman–Crippen LogP) is 8.32. The Balaban J connectivity index is 0.647. The number of hydrogen-bond donors (Lipinski definition) is 6. The van der Waals surface area contributed by atoms with Gasteiger partial charge >= 0.3 is 12.1 Å². The third-order valence-corrected chi connectivity index (χ3v) is 12.4. The molecule has 6 N–H and O–H groups in total. The second-order valence-electron chi connectivity index (χ2n) is 17.0. The summed E-state index contributed by atoms with van der Waals surface area (Å²) in [6, 6.07) is 30.8. The summed E-state index contributed by atoms with van der Waals surface area (Å²) >= 11 is 0. The zero-order valence-electron chi connectivity index (χ0n) is 38.3. The summed E-state index contributed by atoms with van der Waals surface area (Å²) in [4.78, 5) is 55.4. The Morgan fingerprint density at radius 1 is 0.597 bits per heavy atom. The summed E-state index contributed by atoms with van der Waals surface area (Å²) in [5, 5.41) is 20.3. The van der Waals surface area contributed by atoms with Gasteiger partial charge in [0.25, 0.3) is 6.23 Å². The lowest BCUT2D eigenvalue weighted by atomic mass is 10.1. The molecule has 1 unspecified atom stereocenters. The fourth-order valence-corrected chi connectivity index (χ4v) is 8.77. The van der Waals surface area contributed by atoms with Crippen LogP contribution < -0.4 is 35.6 Å². The number of morpholine rings is 2. The summed E-state index contributed by atoms with van der Waals surface area (Å²) < 4.78 is 24.5. The van der Waals surface area contributed by atoms with Crippen molar-refractivity contribution in [2.45, 2.75) is 6.23 Å². The number of fused-ring (bicyclic) bond motifs is 2. The van der Waals surface area contributed by atoms with Crippen LogP contribution in [-0.4, -0.2) is 98.3 Å². The molecule has 8 aromatic heterocycles. The highest BCUT2D eigenvalue weighted by Gasteiger charge is 2.30. The molecule has 10 heterocycles. The van der Waals surface area contributed by atoms with Crippen LogP contribution in [-0.2, 0) is 9.47 Å². The molecule has 2 aliphatic heterocycles. The summed E-state index contributed by atoms with van der Waals surface area (Å²) in [7, 11) is 0.